The Morgan fingerprint density at radius 3 is 2.48 bits per heavy atom. The number of benzene rings is 2. The molecule has 8 heteroatoms. The van der Waals surface area contributed by atoms with E-state index in [1.54, 1.807) is 6.92 Å². The Kier molecular flexibility index (Phi) is 5.46. The van der Waals surface area contributed by atoms with Gasteiger partial charge < -0.3 is 9.88 Å². The molecule has 0 aliphatic carbocycles. The summed E-state index contributed by atoms with van der Waals surface area (Å²) in [5, 5.41) is 2.91. The van der Waals surface area contributed by atoms with E-state index >= 15 is 0 Å². The van der Waals surface area contributed by atoms with Crippen molar-refractivity contribution in [2.45, 2.75) is 37.0 Å². The van der Waals surface area contributed by atoms with Crippen molar-refractivity contribution < 1.29 is 18.0 Å². The van der Waals surface area contributed by atoms with Crippen molar-refractivity contribution in [1.82, 2.24) is 9.55 Å². The van der Waals surface area contributed by atoms with E-state index in [4.69, 9.17) is 0 Å². The van der Waals surface area contributed by atoms with Gasteiger partial charge in [-0.2, -0.15) is 13.2 Å². The van der Waals surface area contributed by atoms with E-state index in [1.165, 1.54) is 23.9 Å². The van der Waals surface area contributed by atoms with E-state index in [9.17, 15) is 18.0 Å². The second-order valence-electron chi connectivity index (χ2n) is 5.95. The molecule has 0 saturated heterocycles. The predicted octanol–water partition coefficient (Wildman–Crippen LogP) is 5.19. The molecule has 0 aliphatic heterocycles. The van der Waals surface area contributed by atoms with Crippen LogP contribution in [0.15, 0.2) is 53.7 Å². The number of carbonyl (C=O) groups excluding carboxylic acids is 1. The number of nitrogens with zero attached hydrogens (tertiary/aromatic N) is 2. The van der Waals surface area contributed by atoms with Gasteiger partial charge in [-0.25, -0.2) is 4.98 Å². The first-order valence-corrected chi connectivity index (χ1v) is 9.27. The summed E-state index contributed by atoms with van der Waals surface area (Å²) in [5.41, 5.74) is 1.43. The standard InChI is InChI=1S/C19H18F3N3OS/c1-3-25-16-7-5-4-6-15(16)24-18(25)27-12(2)17(26)23-14-10-8-13(9-11-14)19(20,21)22/h4-12H,3H2,1-2H3,(H,23,26). The van der Waals surface area contributed by atoms with Gasteiger partial charge in [0.1, 0.15) is 0 Å². The van der Waals surface area contributed by atoms with Gasteiger partial charge in [-0.1, -0.05) is 23.9 Å². The molecule has 0 spiro atoms. The Bertz CT molecular complexity index is 951. The van der Waals surface area contributed by atoms with Gasteiger partial charge in [0.15, 0.2) is 5.16 Å². The molecule has 4 nitrogen and oxygen atoms in total. The first-order chi connectivity index (χ1) is 12.8. The van der Waals surface area contributed by atoms with Crippen LogP contribution in [0, 0.1) is 0 Å². The second-order valence-corrected chi connectivity index (χ2v) is 7.26. The minimum absolute atomic E-state index is 0.297. The number of para-hydroxylation sites is 2. The normalized spacial score (nSPS) is 12.9. The minimum atomic E-state index is -4.40. The summed E-state index contributed by atoms with van der Waals surface area (Å²) < 4.78 is 39.9. The number of hydrogen-bond donors (Lipinski definition) is 1. The maximum Gasteiger partial charge on any atom is 0.416 e. The third kappa shape index (κ3) is 4.27. The van der Waals surface area contributed by atoms with Crippen LogP contribution in [0.25, 0.3) is 11.0 Å². The Morgan fingerprint density at radius 2 is 1.85 bits per heavy atom. The first kappa shape index (κ1) is 19.3. The summed E-state index contributed by atoms with van der Waals surface area (Å²) in [4.78, 5) is 17.0. The molecule has 1 N–H and O–H groups in total. The monoisotopic (exact) mass is 393 g/mol. The SMILES string of the molecule is CCn1c(SC(C)C(=O)Nc2ccc(C(F)(F)F)cc2)nc2ccccc21. The van der Waals surface area contributed by atoms with Crippen molar-refractivity contribution in [3.05, 3.63) is 54.1 Å². The van der Waals surface area contributed by atoms with Gasteiger partial charge in [-0.15, -0.1) is 0 Å². The molecule has 27 heavy (non-hydrogen) atoms. The van der Waals surface area contributed by atoms with Gasteiger partial charge in [0.25, 0.3) is 0 Å². The number of amides is 1. The third-order valence-corrected chi connectivity index (χ3v) is 5.16. The summed E-state index contributed by atoms with van der Waals surface area (Å²) >= 11 is 1.32. The molecule has 3 aromatic rings. The van der Waals surface area contributed by atoms with Crippen LogP contribution in [-0.4, -0.2) is 20.7 Å². The number of fused-ring (bicyclic) bond motifs is 1. The van der Waals surface area contributed by atoms with Crippen LogP contribution in [0.2, 0.25) is 0 Å². The number of aromatic nitrogens is 2. The van der Waals surface area contributed by atoms with Crippen molar-refractivity contribution >= 4 is 34.4 Å². The molecular formula is C19H18F3N3OS. The zero-order valence-corrected chi connectivity index (χ0v) is 15.6. The van der Waals surface area contributed by atoms with Gasteiger partial charge in [-0.3, -0.25) is 4.79 Å². The fraction of sp³-hybridized carbons (Fsp3) is 0.263. The predicted molar refractivity (Wildman–Crippen MR) is 101 cm³/mol. The molecule has 0 saturated carbocycles. The Labute approximate surface area is 158 Å². The number of aryl methyl sites for hydroxylation is 1. The maximum absolute atomic E-state index is 12.6. The number of carbonyl (C=O) groups is 1. The van der Waals surface area contributed by atoms with Crippen molar-refractivity contribution in [3.8, 4) is 0 Å². The van der Waals surface area contributed by atoms with Crippen molar-refractivity contribution in [3.63, 3.8) is 0 Å². The van der Waals surface area contributed by atoms with Crippen molar-refractivity contribution in [1.29, 1.82) is 0 Å². The molecular weight excluding hydrogens is 375 g/mol. The van der Waals surface area contributed by atoms with Crippen LogP contribution in [0.1, 0.15) is 19.4 Å². The highest BCUT2D eigenvalue weighted by molar-refractivity contribution is 8.00. The fourth-order valence-corrected chi connectivity index (χ4v) is 3.63. The highest BCUT2D eigenvalue weighted by atomic mass is 32.2. The van der Waals surface area contributed by atoms with Gasteiger partial charge in [0.2, 0.25) is 5.91 Å². The number of thioether (sulfide) groups is 1. The molecule has 0 fully saturated rings. The molecule has 0 radical (unpaired) electrons. The van der Waals surface area contributed by atoms with E-state index in [-0.39, 0.29) is 5.91 Å². The van der Waals surface area contributed by atoms with Crippen molar-refractivity contribution in [2.24, 2.45) is 0 Å². The smallest absolute Gasteiger partial charge is 0.325 e. The van der Waals surface area contributed by atoms with Crippen LogP contribution in [0.4, 0.5) is 18.9 Å². The Hall–Kier alpha value is -2.48. The molecule has 142 valence electrons. The number of rotatable bonds is 5. The van der Waals surface area contributed by atoms with E-state index < -0.39 is 17.0 Å². The van der Waals surface area contributed by atoms with Gasteiger partial charge in [0.05, 0.1) is 21.8 Å². The average molecular weight is 393 g/mol. The molecule has 3 rings (SSSR count). The van der Waals surface area contributed by atoms with E-state index in [0.717, 1.165) is 34.9 Å². The summed E-state index contributed by atoms with van der Waals surface area (Å²) in [6.07, 6.45) is -4.40. The lowest BCUT2D eigenvalue weighted by molar-refractivity contribution is -0.137. The van der Waals surface area contributed by atoms with E-state index in [2.05, 4.69) is 10.3 Å². The van der Waals surface area contributed by atoms with Gasteiger partial charge >= 0.3 is 6.18 Å². The molecule has 0 aliphatic rings. The Balaban J connectivity index is 1.71. The minimum Gasteiger partial charge on any atom is -0.325 e. The molecule has 2 aromatic carbocycles. The summed E-state index contributed by atoms with van der Waals surface area (Å²) in [6.45, 7) is 4.46. The maximum atomic E-state index is 12.6. The fourth-order valence-electron chi connectivity index (χ4n) is 2.65. The largest absolute Gasteiger partial charge is 0.416 e. The van der Waals surface area contributed by atoms with Crippen LogP contribution in [-0.2, 0) is 17.5 Å². The van der Waals surface area contributed by atoms with Gasteiger partial charge in [-0.05, 0) is 50.2 Å². The summed E-state index contributed by atoms with van der Waals surface area (Å²) in [5.74, 6) is -0.297. The zero-order chi connectivity index (χ0) is 19.6. The molecule has 1 unspecified atom stereocenters. The lowest BCUT2D eigenvalue weighted by atomic mass is 10.2. The highest BCUT2D eigenvalue weighted by Gasteiger charge is 2.30. The summed E-state index contributed by atoms with van der Waals surface area (Å²) in [6, 6.07) is 12.1. The Morgan fingerprint density at radius 1 is 1.19 bits per heavy atom. The van der Waals surface area contributed by atoms with E-state index in [0.29, 0.717) is 5.69 Å². The van der Waals surface area contributed by atoms with Crippen LogP contribution < -0.4 is 5.32 Å². The molecule has 1 aromatic heterocycles. The van der Waals surface area contributed by atoms with Crippen LogP contribution >= 0.6 is 11.8 Å². The summed E-state index contributed by atoms with van der Waals surface area (Å²) in [7, 11) is 0. The van der Waals surface area contributed by atoms with Crippen LogP contribution in [0.5, 0.6) is 0 Å². The number of imidazole rings is 1. The van der Waals surface area contributed by atoms with Gasteiger partial charge in [0, 0.05) is 12.2 Å². The molecule has 0 bridgehead atoms. The topological polar surface area (TPSA) is 46.9 Å². The molecule has 1 amide bonds. The average Bonchev–Trinajstić information content (AvgIpc) is 2.98. The third-order valence-electron chi connectivity index (χ3n) is 4.07. The number of hydrogen-bond acceptors (Lipinski definition) is 3. The van der Waals surface area contributed by atoms with Crippen molar-refractivity contribution in [2.75, 3.05) is 5.32 Å². The quantitative estimate of drug-likeness (QED) is 0.607. The number of halogens is 3. The molecule has 1 heterocycles. The second kappa shape index (κ2) is 7.64. The van der Waals surface area contributed by atoms with Crippen LogP contribution in [0.3, 0.4) is 0 Å². The lowest BCUT2D eigenvalue weighted by Gasteiger charge is -2.13. The first-order valence-electron chi connectivity index (χ1n) is 8.39. The van der Waals surface area contributed by atoms with E-state index in [1.807, 2.05) is 35.8 Å². The zero-order valence-electron chi connectivity index (χ0n) is 14.7. The highest BCUT2D eigenvalue weighted by Crippen LogP contribution is 2.30. The number of alkyl halides is 3. The molecule has 1 atom stereocenters. The lowest BCUT2D eigenvalue weighted by Crippen LogP contribution is -2.23. The number of anilines is 1. The number of nitrogens with one attached hydrogen (secondary N) is 1.